The first kappa shape index (κ1) is 18.9. The standard InChI is InChI=1S/C21H15FN4O4/c22-15-9-5-4-8-14(15)17-10-11-18(30-17)20(28)23-24-21(29)19-16(27)12-26(25-19)13-6-2-1-3-7-13/h1-12,27H,(H,23,28)(H,24,29). The Bertz CT molecular complexity index is 1220. The maximum atomic E-state index is 13.8. The molecule has 0 atom stereocenters. The highest BCUT2D eigenvalue weighted by Crippen LogP contribution is 2.24. The number of carbonyl (C=O) groups excluding carboxylic acids is 2. The number of furan rings is 1. The molecule has 0 saturated heterocycles. The SMILES string of the molecule is O=C(NNC(=O)c1nn(-c2ccccc2)cc1O)c1ccc(-c2ccccc2F)o1. The number of rotatable bonds is 4. The van der Waals surface area contributed by atoms with Gasteiger partial charge in [0.1, 0.15) is 11.6 Å². The Labute approximate surface area is 169 Å². The summed E-state index contributed by atoms with van der Waals surface area (Å²) in [6.07, 6.45) is 1.28. The maximum Gasteiger partial charge on any atom is 0.305 e. The molecule has 0 radical (unpaired) electrons. The molecule has 2 aromatic heterocycles. The van der Waals surface area contributed by atoms with E-state index in [4.69, 9.17) is 4.42 Å². The van der Waals surface area contributed by atoms with Crippen molar-refractivity contribution in [3.05, 3.63) is 90.2 Å². The average molecular weight is 406 g/mol. The number of benzene rings is 2. The van der Waals surface area contributed by atoms with Crippen molar-refractivity contribution in [3.63, 3.8) is 0 Å². The number of nitrogens with zero attached hydrogens (tertiary/aromatic N) is 2. The first-order chi connectivity index (χ1) is 14.5. The molecule has 0 aliphatic heterocycles. The van der Waals surface area contributed by atoms with Gasteiger partial charge in [0.2, 0.25) is 0 Å². The summed E-state index contributed by atoms with van der Waals surface area (Å²) in [6.45, 7) is 0. The number of aromatic hydroxyl groups is 1. The predicted octanol–water partition coefficient (Wildman–Crippen LogP) is 3.05. The largest absolute Gasteiger partial charge is 0.504 e. The third-order valence-corrected chi connectivity index (χ3v) is 4.19. The molecule has 150 valence electrons. The van der Waals surface area contributed by atoms with E-state index >= 15 is 0 Å². The van der Waals surface area contributed by atoms with Crippen LogP contribution in [0.5, 0.6) is 5.75 Å². The molecular weight excluding hydrogens is 391 g/mol. The first-order valence-electron chi connectivity index (χ1n) is 8.82. The van der Waals surface area contributed by atoms with Gasteiger partial charge in [0, 0.05) is 0 Å². The van der Waals surface area contributed by atoms with Crippen LogP contribution in [0.4, 0.5) is 4.39 Å². The van der Waals surface area contributed by atoms with E-state index in [1.54, 1.807) is 36.4 Å². The van der Waals surface area contributed by atoms with E-state index in [0.29, 0.717) is 5.69 Å². The molecule has 0 saturated carbocycles. The molecule has 4 rings (SSSR count). The molecule has 0 unspecified atom stereocenters. The van der Waals surface area contributed by atoms with E-state index in [0.717, 1.165) is 0 Å². The van der Waals surface area contributed by atoms with Crippen LogP contribution in [0.3, 0.4) is 0 Å². The van der Waals surface area contributed by atoms with Gasteiger partial charge in [0.15, 0.2) is 17.2 Å². The van der Waals surface area contributed by atoms with Crippen molar-refractivity contribution in [2.24, 2.45) is 0 Å². The molecule has 2 aromatic carbocycles. The smallest absolute Gasteiger partial charge is 0.305 e. The Kier molecular flexibility index (Phi) is 5.00. The second-order valence-corrected chi connectivity index (χ2v) is 6.20. The molecule has 0 aliphatic rings. The summed E-state index contributed by atoms with van der Waals surface area (Å²) in [5, 5.41) is 14.0. The van der Waals surface area contributed by atoms with Crippen molar-refractivity contribution in [2.75, 3.05) is 0 Å². The van der Waals surface area contributed by atoms with Crippen LogP contribution in [0.25, 0.3) is 17.0 Å². The van der Waals surface area contributed by atoms with Crippen LogP contribution in [0, 0.1) is 5.82 Å². The predicted molar refractivity (Wildman–Crippen MR) is 104 cm³/mol. The lowest BCUT2D eigenvalue weighted by molar-refractivity contribution is 0.0827. The van der Waals surface area contributed by atoms with E-state index in [2.05, 4.69) is 16.0 Å². The van der Waals surface area contributed by atoms with Gasteiger partial charge in [-0.2, -0.15) is 5.10 Å². The zero-order valence-electron chi connectivity index (χ0n) is 15.4. The Balaban J connectivity index is 1.43. The Morgan fingerprint density at radius 2 is 1.63 bits per heavy atom. The lowest BCUT2D eigenvalue weighted by atomic mass is 10.1. The van der Waals surface area contributed by atoms with Crippen molar-refractivity contribution in [1.29, 1.82) is 0 Å². The van der Waals surface area contributed by atoms with Crippen molar-refractivity contribution in [2.45, 2.75) is 0 Å². The highest BCUT2D eigenvalue weighted by atomic mass is 19.1. The van der Waals surface area contributed by atoms with Gasteiger partial charge in [0.05, 0.1) is 17.4 Å². The number of hydrogen-bond acceptors (Lipinski definition) is 5. The van der Waals surface area contributed by atoms with Gasteiger partial charge in [-0.25, -0.2) is 9.07 Å². The molecule has 0 spiro atoms. The normalized spacial score (nSPS) is 10.6. The second kappa shape index (κ2) is 7.92. The second-order valence-electron chi connectivity index (χ2n) is 6.20. The number of amides is 2. The Morgan fingerprint density at radius 3 is 2.40 bits per heavy atom. The monoisotopic (exact) mass is 406 g/mol. The van der Waals surface area contributed by atoms with Gasteiger partial charge in [-0.3, -0.25) is 20.4 Å². The number of aromatic nitrogens is 2. The topological polar surface area (TPSA) is 109 Å². The molecule has 2 heterocycles. The van der Waals surface area contributed by atoms with E-state index in [1.165, 1.54) is 35.1 Å². The van der Waals surface area contributed by atoms with Crippen LogP contribution >= 0.6 is 0 Å². The Morgan fingerprint density at radius 1 is 0.933 bits per heavy atom. The first-order valence-corrected chi connectivity index (χ1v) is 8.82. The lowest BCUT2D eigenvalue weighted by Gasteiger charge is -2.04. The molecule has 3 N–H and O–H groups in total. The summed E-state index contributed by atoms with van der Waals surface area (Å²) in [5.74, 6) is -2.39. The number of halogens is 1. The number of para-hydroxylation sites is 1. The quantitative estimate of drug-likeness (QED) is 0.451. The van der Waals surface area contributed by atoms with Gasteiger partial charge in [-0.05, 0) is 36.4 Å². The van der Waals surface area contributed by atoms with Crippen LogP contribution in [0.15, 0.2) is 77.3 Å². The molecule has 0 bridgehead atoms. The summed E-state index contributed by atoms with van der Waals surface area (Å²) < 4.78 is 20.5. The minimum Gasteiger partial charge on any atom is -0.504 e. The molecule has 9 heteroatoms. The molecular formula is C21H15FN4O4. The third-order valence-electron chi connectivity index (χ3n) is 4.19. The Hall–Kier alpha value is -4.40. The van der Waals surface area contributed by atoms with Crippen LogP contribution in [-0.2, 0) is 0 Å². The van der Waals surface area contributed by atoms with Crippen LogP contribution < -0.4 is 10.9 Å². The summed E-state index contributed by atoms with van der Waals surface area (Å²) in [5.41, 5.74) is 4.90. The van der Waals surface area contributed by atoms with Gasteiger partial charge in [0.25, 0.3) is 5.91 Å². The fourth-order valence-electron chi connectivity index (χ4n) is 2.74. The van der Waals surface area contributed by atoms with E-state index in [-0.39, 0.29) is 28.5 Å². The minimum atomic E-state index is -0.823. The van der Waals surface area contributed by atoms with Gasteiger partial charge in [-0.1, -0.05) is 30.3 Å². The summed E-state index contributed by atoms with van der Waals surface area (Å²) >= 11 is 0. The minimum absolute atomic E-state index is 0.132. The van der Waals surface area contributed by atoms with Gasteiger partial charge >= 0.3 is 5.91 Å². The molecule has 4 aromatic rings. The van der Waals surface area contributed by atoms with Crippen LogP contribution in [0.1, 0.15) is 21.0 Å². The lowest BCUT2D eigenvalue weighted by Crippen LogP contribution is -2.41. The number of hydrogen-bond donors (Lipinski definition) is 3. The zero-order chi connectivity index (χ0) is 21.1. The van der Waals surface area contributed by atoms with E-state index in [1.807, 2.05) is 6.07 Å². The number of nitrogens with one attached hydrogen (secondary N) is 2. The third kappa shape index (κ3) is 3.76. The summed E-state index contributed by atoms with van der Waals surface area (Å²) in [4.78, 5) is 24.5. The van der Waals surface area contributed by atoms with Crippen LogP contribution in [0.2, 0.25) is 0 Å². The fraction of sp³-hybridized carbons (Fsp3) is 0. The molecule has 0 fully saturated rings. The molecule has 8 nitrogen and oxygen atoms in total. The number of hydrazine groups is 1. The summed E-state index contributed by atoms with van der Waals surface area (Å²) in [6, 6.07) is 17.7. The van der Waals surface area contributed by atoms with Crippen molar-refractivity contribution in [1.82, 2.24) is 20.6 Å². The zero-order valence-corrected chi connectivity index (χ0v) is 15.4. The average Bonchev–Trinajstić information content (AvgIpc) is 3.40. The van der Waals surface area contributed by atoms with Gasteiger partial charge < -0.3 is 9.52 Å². The van der Waals surface area contributed by atoms with Crippen molar-refractivity contribution < 1.29 is 23.5 Å². The molecule has 2 amide bonds. The number of carbonyl (C=O) groups is 2. The van der Waals surface area contributed by atoms with E-state index in [9.17, 15) is 19.1 Å². The molecule has 30 heavy (non-hydrogen) atoms. The fourth-order valence-corrected chi connectivity index (χ4v) is 2.74. The highest BCUT2D eigenvalue weighted by Gasteiger charge is 2.19. The van der Waals surface area contributed by atoms with E-state index < -0.39 is 17.6 Å². The molecule has 0 aliphatic carbocycles. The highest BCUT2D eigenvalue weighted by molar-refractivity contribution is 5.98. The maximum absolute atomic E-state index is 13.8. The van der Waals surface area contributed by atoms with Gasteiger partial charge in [-0.15, -0.1) is 0 Å². The van der Waals surface area contributed by atoms with Crippen molar-refractivity contribution >= 4 is 11.8 Å². The summed E-state index contributed by atoms with van der Waals surface area (Å²) in [7, 11) is 0. The van der Waals surface area contributed by atoms with Crippen molar-refractivity contribution in [3.8, 4) is 22.8 Å². The van der Waals surface area contributed by atoms with Crippen LogP contribution in [-0.4, -0.2) is 26.7 Å².